The molecule has 1 aromatic carbocycles. The molecule has 1 saturated heterocycles. The first-order chi connectivity index (χ1) is 13.2. The lowest BCUT2D eigenvalue weighted by Crippen LogP contribution is -2.39. The van der Waals surface area contributed by atoms with E-state index < -0.39 is 0 Å². The summed E-state index contributed by atoms with van der Waals surface area (Å²) in [5.41, 5.74) is 0.822. The Morgan fingerprint density at radius 3 is 2.93 bits per heavy atom. The SMILES string of the molecule is O=C(c1ccno1)N(CCCN1CCOCC1)c1nc2ccc(Cl)cc2s1. The highest BCUT2D eigenvalue weighted by Crippen LogP contribution is 2.31. The number of rotatable bonds is 6. The first kappa shape index (κ1) is 18.4. The van der Waals surface area contributed by atoms with Gasteiger partial charge in [0.25, 0.3) is 5.91 Å². The molecule has 1 fully saturated rings. The fraction of sp³-hybridized carbons (Fsp3) is 0.389. The van der Waals surface area contributed by atoms with Crippen molar-refractivity contribution in [1.29, 1.82) is 0 Å². The minimum Gasteiger partial charge on any atom is -0.379 e. The summed E-state index contributed by atoms with van der Waals surface area (Å²) < 4.78 is 11.4. The van der Waals surface area contributed by atoms with Crippen molar-refractivity contribution in [3.8, 4) is 0 Å². The number of carbonyl (C=O) groups excluding carboxylic acids is 1. The molecule has 1 aliphatic rings. The van der Waals surface area contributed by atoms with Gasteiger partial charge >= 0.3 is 0 Å². The summed E-state index contributed by atoms with van der Waals surface area (Å²) >= 11 is 7.53. The van der Waals surface area contributed by atoms with E-state index in [-0.39, 0.29) is 11.7 Å². The van der Waals surface area contributed by atoms with Crippen molar-refractivity contribution in [2.45, 2.75) is 6.42 Å². The van der Waals surface area contributed by atoms with Crippen molar-refractivity contribution in [3.63, 3.8) is 0 Å². The fourth-order valence-corrected chi connectivity index (χ4v) is 4.29. The average molecular weight is 407 g/mol. The van der Waals surface area contributed by atoms with E-state index in [4.69, 9.17) is 20.9 Å². The van der Waals surface area contributed by atoms with E-state index in [0.29, 0.717) is 16.7 Å². The van der Waals surface area contributed by atoms with Gasteiger partial charge in [-0.15, -0.1) is 0 Å². The lowest BCUT2D eigenvalue weighted by atomic mass is 10.3. The van der Waals surface area contributed by atoms with Gasteiger partial charge in [-0.2, -0.15) is 0 Å². The molecule has 0 atom stereocenters. The maximum atomic E-state index is 12.9. The van der Waals surface area contributed by atoms with Crippen molar-refractivity contribution in [1.82, 2.24) is 15.0 Å². The number of thiazole rings is 1. The maximum Gasteiger partial charge on any atom is 0.298 e. The van der Waals surface area contributed by atoms with Gasteiger partial charge in [0.05, 0.1) is 29.6 Å². The lowest BCUT2D eigenvalue weighted by Gasteiger charge is -2.27. The van der Waals surface area contributed by atoms with Crippen LogP contribution in [-0.2, 0) is 4.74 Å². The highest BCUT2D eigenvalue weighted by atomic mass is 35.5. The minimum absolute atomic E-state index is 0.207. The number of anilines is 1. The van der Waals surface area contributed by atoms with E-state index in [2.05, 4.69) is 15.0 Å². The molecule has 0 aliphatic carbocycles. The van der Waals surface area contributed by atoms with E-state index in [9.17, 15) is 4.79 Å². The van der Waals surface area contributed by atoms with Gasteiger partial charge in [-0.1, -0.05) is 28.1 Å². The standard InChI is InChI=1S/C18H19ClN4O3S/c19-13-2-3-14-16(12-13)27-18(21-14)23(17(24)15-4-5-20-26-15)7-1-6-22-8-10-25-11-9-22/h2-5,12H,1,6-11H2. The van der Waals surface area contributed by atoms with E-state index in [1.807, 2.05) is 12.1 Å². The Labute approximate surface area is 165 Å². The quantitative estimate of drug-likeness (QED) is 0.625. The number of benzene rings is 1. The number of ether oxygens (including phenoxy) is 1. The summed E-state index contributed by atoms with van der Waals surface area (Å²) in [6.07, 6.45) is 2.30. The Hall–Kier alpha value is -2.00. The van der Waals surface area contributed by atoms with Gasteiger partial charge in [0.15, 0.2) is 5.13 Å². The van der Waals surface area contributed by atoms with Crippen LogP contribution in [0.3, 0.4) is 0 Å². The highest BCUT2D eigenvalue weighted by Gasteiger charge is 2.24. The summed E-state index contributed by atoms with van der Waals surface area (Å²) in [5, 5.41) is 4.93. The van der Waals surface area contributed by atoms with Gasteiger partial charge in [-0.3, -0.25) is 14.6 Å². The molecule has 0 spiro atoms. The lowest BCUT2D eigenvalue weighted by molar-refractivity contribution is 0.0376. The molecule has 1 amide bonds. The van der Waals surface area contributed by atoms with Gasteiger partial charge < -0.3 is 9.26 Å². The molecule has 9 heteroatoms. The van der Waals surface area contributed by atoms with Crippen LogP contribution in [0.15, 0.2) is 35.0 Å². The molecule has 142 valence electrons. The Balaban J connectivity index is 1.53. The van der Waals surface area contributed by atoms with Crippen LogP contribution in [0.1, 0.15) is 17.0 Å². The summed E-state index contributed by atoms with van der Waals surface area (Å²) in [5.74, 6) is -0.0294. The fourth-order valence-electron chi connectivity index (χ4n) is 3.02. The Morgan fingerprint density at radius 2 is 2.15 bits per heavy atom. The molecule has 3 aromatic rings. The third-order valence-electron chi connectivity index (χ3n) is 4.42. The topological polar surface area (TPSA) is 71.7 Å². The predicted molar refractivity (Wildman–Crippen MR) is 105 cm³/mol. The number of hydrogen-bond donors (Lipinski definition) is 0. The Bertz CT molecular complexity index is 909. The number of carbonyl (C=O) groups is 1. The number of fused-ring (bicyclic) bond motifs is 1. The Morgan fingerprint density at radius 1 is 1.30 bits per heavy atom. The molecule has 0 N–H and O–H groups in total. The molecule has 0 bridgehead atoms. The second-order valence-electron chi connectivity index (χ2n) is 6.25. The zero-order valence-corrected chi connectivity index (χ0v) is 16.2. The zero-order chi connectivity index (χ0) is 18.6. The van der Waals surface area contributed by atoms with Crippen molar-refractivity contribution in [2.75, 3.05) is 44.3 Å². The molecule has 2 aromatic heterocycles. The number of amides is 1. The number of aromatic nitrogens is 2. The Kier molecular flexibility index (Phi) is 5.68. The first-order valence-electron chi connectivity index (χ1n) is 8.79. The van der Waals surface area contributed by atoms with Crippen LogP contribution in [0.5, 0.6) is 0 Å². The van der Waals surface area contributed by atoms with E-state index >= 15 is 0 Å². The molecule has 0 unspecified atom stereocenters. The van der Waals surface area contributed by atoms with Crippen LogP contribution in [0.4, 0.5) is 5.13 Å². The number of halogens is 1. The summed E-state index contributed by atoms with van der Waals surface area (Å²) in [6.45, 7) is 4.83. The van der Waals surface area contributed by atoms with Crippen molar-refractivity contribution >= 4 is 44.2 Å². The highest BCUT2D eigenvalue weighted by molar-refractivity contribution is 7.22. The van der Waals surface area contributed by atoms with Crippen LogP contribution in [0, 0.1) is 0 Å². The van der Waals surface area contributed by atoms with Crippen molar-refractivity contribution < 1.29 is 14.1 Å². The smallest absolute Gasteiger partial charge is 0.298 e. The molecule has 4 rings (SSSR count). The second kappa shape index (κ2) is 8.35. The average Bonchev–Trinajstić information content (AvgIpc) is 3.35. The van der Waals surface area contributed by atoms with Gasteiger partial charge in [0.2, 0.25) is 5.76 Å². The summed E-state index contributed by atoms with van der Waals surface area (Å²) in [6, 6.07) is 7.10. The summed E-state index contributed by atoms with van der Waals surface area (Å²) in [4.78, 5) is 21.6. The van der Waals surface area contributed by atoms with Crippen molar-refractivity contribution in [3.05, 3.63) is 41.2 Å². The van der Waals surface area contributed by atoms with E-state index in [1.54, 1.807) is 17.0 Å². The van der Waals surface area contributed by atoms with Crippen LogP contribution in [-0.4, -0.2) is 60.3 Å². The van der Waals surface area contributed by atoms with Gasteiger partial charge in [-0.25, -0.2) is 4.98 Å². The molecule has 3 heterocycles. The van der Waals surface area contributed by atoms with Gasteiger partial charge in [0.1, 0.15) is 0 Å². The second-order valence-corrected chi connectivity index (χ2v) is 7.70. The molecular weight excluding hydrogens is 388 g/mol. The normalized spacial score (nSPS) is 15.3. The number of morpholine rings is 1. The van der Waals surface area contributed by atoms with Gasteiger partial charge in [0, 0.05) is 37.3 Å². The molecule has 0 radical (unpaired) electrons. The molecular formula is C18H19ClN4O3S. The third-order valence-corrected chi connectivity index (χ3v) is 5.70. The molecule has 7 nitrogen and oxygen atoms in total. The van der Waals surface area contributed by atoms with E-state index in [0.717, 1.165) is 49.5 Å². The van der Waals surface area contributed by atoms with Crippen LogP contribution in [0.25, 0.3) is 10.2 Å². The minimum atomic E-state index is -0.236. The largest absolute Gasteiger partial charge is 0.379 e. The predicted octanol–water partition coefficient (Wildman–Crippen LogP) is 3.31. The summed E-state index contributed by atoms with van der Waals surface area (Å²) in [7, 11) is 0. The number of hydrogen-bond acceptors (Lipinski definition) is 7. The molecule has 1 aliphatic heterocycles. The molecule has 0 saturated carbocycles. The maximum absolute atomic E-state index is 12.9. The number of nitrogens with zero attached hydrogens (tertiary/aromatic N) is 4. The van der Waals surface area contributed by atoms with Crippen LogP contribution in [0.2, 0.25) is 5.02 Å². The first-order valence-corrected chi connectivity index (χ1v) is 9.99. The molecule has 27 heavy (non-hydrogen) atoms. The van der Waals surface area contributed by atoms with Crippen molar-refractivity contribution in [2.24, 2.45) is 0 Å². The zero-order valence-electron chi connectivity index (χ0n) is 14.6. The third kappa shape index (κ3) is 4.30. The van der Waals surface area contributed by atoms with Gasteiger partial charge in [-0.05, 0) is 24.6 Å². The van der Waals surface area contributed by atoms with E-state index in [1.165, 1.54) is 17.5 Å². The van der Waals surface area contributed by atoms with Crippen LogP contribution < -0.4 is 4.90 Å². The monoisotopic (exact) mass is 406 g/mol. The van der Waals surface area contributed by atoms with Crippen LogP contribution >= 0.6 is 22.9 Å².